The van der Waals surface area contributed by atoms with Crippen molar-refractivity contribution >= 4 is 0 Å². The van der Waals surface area contributed by atoms with E-state index in [1.807, 2.05) is 24.3 Å². The third-order valence-corrected chi connectivity index (χ3v) is 2.63. The molecule has 0 heterocycles. The fourth-order valence-electron chi connectivity index (χ4n) is 1.61. The summed E-state index contributed by atoms with van der Waals surface area (Å²) in [5.74, 6) is -1.98. The van der Waals surface area contributed by atoms with E-state index in [2.05, 4.69) is 5.32 Å². The number of alkyl halides is 3. The molecule has 0 fully saturated rings. The van der Waals surface area contributed by atoms with Crippen LogP contribution in [0.5, 0.6) is 0 Å². The second-order valence-electron chi connectivity index (χ2n) is 4.06. The van der Waals surface area contributed by atoms with Gasteiger partial charge in [-0.05, 0) is 11.1 Å². The van der Waals surface area contributed by atoms with Gasteiger partial charge in [0.15, 0.2) is 5.92 Å². The highest BCUT2D eigenvalue weighted by Gasteiger charge is 2.39. The van der Waals surface area contributed by atoms with Crippen molar-refractivity contribution in [1.82, 2.24) is 5.32 Å². The van der Waals surface area contributed by atoms with E-state index in [0.29, 0.717) is 6.61 Å². The van der Waals surface area contributed by atoms with Gasteiger partial charge in [0.05, 0.1) is 12.7 Å². The van der Waals surface area contributed by atoms with Gasteiger partial charge in [-0.15, -0.1) is 0 Å². The molecule has 0 saturated carbocycles. The van der Waals surface area contributed by atoms with Crippen LogP contribution in [-0.4, -0.2) is 19.8 Å². The van der Waals surface area contributed by atoms with Crippen LogP contribution in [0.25, 0.3) is 0 Å². The summed E-state index contributed by atoms with van der Waals surface area (Å²) >= 11 is 0. The highest BCUT2D eigenvalue weighted by Crippen LogP contribution is 2.25. The first-order chi connectivity index (χ1) is 8.99. The summed E-state index contributed by atoms with van der Waals surface area (Å²) in [5, 5.41) is 11.1. The Bertz CT molecular complexity index is 440. The number of nitrogens with one attached hydrogen (secondary N) is 1. The quantitative estimate of drug-likeness (QED) is 0.865. The minimum Gasteiger partial charge on any atom is -0.380 e. The third kappa shape index (κ3) is 4.89. The Morgan fingerprint density at radius 1 is 1.32 bits per heavy atom. The summed E-state index contributed by atoms with van der Waals surface area (Å²) in [4.78, 5) is 0. The van der Waals surface area contributed by atoms with Gasteiger partial charge in [0.1, 0.15) is 0 Å². The number of halogens is 3. The maximum atomic E-state index is 12.4. The molecule has 1 aromatic carbocycles. The molecule has 1 unspecified atom stereocenters. The van der Waals surface area contributed by atoms with Crippen molar-refractivity contribution in [3.63, 3.8) is 0 Å². The summed E-state index contributed by atoms with van der Waals surface area (Å²) < 4.78 is 42.1. The molecule has 0 aliphatic rings. The van der Waals surface area contributed by atoms with Gasteiger partial charge in [0.25, 0.3) is 0 Å². The molecule has 1 atom stereocenters. The van der Waals surface area contributed by atoms with Gasteiger partial charge in [-0.25, -0.2) is 0 Å². The van der Waals surface area contributed by atoms with E-state index in [1.54, 1.807) is 7.11 Å². The van der Waals surface area contributed by atoms with Gasteiger partial charge >= 0.3 is 6.18 Å². The van der Waals surface area contributed by atoms with E-state index in [9.17, 15) is 13.2 Å². The number of benzene rings is 1. The van der Waals surface area contributed by atoms with Crippen LogP contribution in [0.4, 0.5) is 13.2 Å². The molecule has 0 amide bonds. The van der Waals surface area contributed by atoms with E-state index in [4.69, 9.17) is 10.00 Å². The van der Waals surface area contributed by atoms with Crippen LogP contribution in [0.2, 0.25) is 0 Å². The Balaban J connectivity index is 2.56. The van der Waals surface area contributed by atoms with E-state index >= 15 is 0 Å². The van der Waals surface area contributed by atoms with Gasteiger partial charge in [-0.3, -0.25) is 0 Å². The average Bonchev–Trinajstić information content (AvgIpc) is 2.35. The van der Waals surface area contributed by atoms with Crippen molar-refractivity contribution in [2.24, 2.45) is 5.92 Å². The SMILES string of the molecule is COCc1ccccc1CNCC(C#N)C(F)(F)F. The van der Waals surface area contributed by atoms with Crippen LogP contribution in [0.1, 0.15) is 11.1 Å². The zero-order valence-corrected chi connectivity index (χ0v) is 10.5. The average molecular weight is 272 g/mol. The van der Waals surface area contributed by atoms with E-state index < -0.39 is 18.6 Å². The molecular formula is C13H15F3N2O. The van der Waals surface area contributed by atoms with Gasteiger partial charge in [-0.2, -0.15) is 18.4 Å². The maximum Gasteiger partial charge on any atom is 0.405 e. The van der Waals surface area contributed by atoms with Crippen molar-refractivity contribution in [2.45, 2.75) is 19.3 Å². The topological polar surface area (TPSA) is 45.0 Å². The molecule has 0 aliphatic carbocycles. The number of hydrogen-bond acceptors (Lipinski definition) is 3. The summed E-state index contributed by atoms with van der Waals surface area (Å²) in [6.45, 7) is 0.258. The predicted molar refractivity (Wildman–Crippen MR) is 64.0 cm³/mol. The first kappa shape index (κ1) is 15.5. The Labute approximate surface area is 110 Å². The lowest BCUT2D eigenvalue weighted by Crippen LogP contribution is -2.32. The Morgan fingerprint density at radius 2 is 1.95 bits per heavy atom. The lowest BCUT2D eigenvalue weighted by molar-refractivity contribution is -0.157. The Hall–Kier alpha value is -1.58. The zero-order valence-electron chi connectivity index (χ0n) is 10.5. The van der Waals surface area contributed by atoms with E-state index in [-0.39, 0.29) is 6.54 Å². The monoisotopic (exact) mass is 272 g/mol. The molecule has 19 heavy (non-hydrogen) atoms. The molecule has 0 spiro atoms. The van der Waals surface area contributed by atoms with E-state index in [0.717, 1.165) is 11.1 Å². The molecule has 0 saturated heterocycles. The smallest absolute Gasteiger partial charge is 0.380 e. The minimum absolute atomic E-state index is 0.272. The first-order valence-corrected chi connectivity index (χ1v) is 5.71. The van der Waals surface area contributed by atoms with E-state index in [1.165, 1.54) is 6.07 Å². The fourth-order valence-corrected chi connectivity index (χ4v) is 1.61. The molecule has 0 aliphatic heterocycles. The standard InChI is InChI=1S/C13H15F3N2O/c1-19-9-11-5-3-2-4-10(11)7-18-8-12(6-17)13(14,15)16/h2-5,12,18H,7-9H2,1H3. The molecule has 0 aromatic heterocycles. The van der Waals surface area contributed by atoms with Gasteiger partial charge in [-0.1, -0.05) is 24.3 Å². The molecule has 1 aromatic rings. The summed E-state index contributed by atoms with van der Waals surface area (Å²) in [6.07, 6.45) is -4.49. The first-order valence-electron chi connectivity index (χ1n) is 5.71. The summed E-state index contributed by atoms with van der Waals surface area (Å²) in [7, 11) is 1.56. The molecule has 1 rings (SSSR count). The molecule has 0 bridgehead atoms. The van der Waals surface area contributed by atoms with Crippen molar-refractivity contribution in [3.05, 3.63) is 35.4 Å². The second kappa shape index (κ2) is 7.12. The molecule has 0 radical (unpaired) electrons. The van der Waals surface area contributed by atoms with Crippen molar-refractivity contribution in [3.8, 4) is 6.07 Å². The van der Waals surface area contributed by atoms with Crippen LogP contribution < -0.4 is 5.32 Å². The van der Waals surface area contributed by atoms with Crippen LogP contribution >= 0.6 is 0 Å². The largest absolute Gasteiger partial charge is 0.405 e. The molecule has 6 heteroatoms. The van der Waals surface area contributed by atoms with Crippen LogP contribution in [0.15, 0.2) is 24.3 Å². The number of hydrogen-bond donors (Lipinski definition) is 1. The van der Waals surface area contributed by atoms with Gasteiger partial charge < -0.3 is 10.1 Å². The normalized spacial score (nSPS) is 13.0. The summed E-state index contributed by atoms with van der Waals surface area (Å²) in [6, 6.07) is 8.57. The predicted octanol–water partition coefficient (Wildman–Crippen LogP) is 2.62. The molecule has 104 valence electrons. The Morgan fingerprint density at radius 3 is 2.47 bits per heavy atom. The van der Waals surface area contributed by atoms with Crippen molar-refractivity contribution in [1.29, 1.82) is 5.26 Å². The lowest BCUT2D eigenvalue weighted by atomic mass is 10.1. The number of ether oxygens (including phenoxy) is 1. The van der Waals surface area contributed by atoms with Gasteiger partial charge in [0.2, 0.25) is 0 Å². The number of rotatable bonds is 6. The number of methoxy groups -OCH3 is 1. The van der Waals surface area contributed by atoms with Crippen LogP contribution in [0.3, 0.4) is 0 Å². The van der Waals surface area contributed by atoms with Gasteiger partial charge in [0, 0.05) is 20.2 Å². The highest BCUT2D eigenvalue weighted by molar-refractivity contribution is 5.26. The van der Waals surface area contributed by atoms with Crippen molar-refractivity contribution < 1.29 is 17.9 Å². The lowest BCUT2D eigenvalue weighted by Gasteiger charge is -2.15. The second-order valence-corrected chi connectivity index (χ2v) is 4.06. The zero-order chi connectivity index (χ0) is 14.3. The van der Waals surface area contributed by atoms with Crippen molar-refractivity contribution in [2.75, 3.05) is 13.7 Å². The van der Waals surface area contributed by atoms with Crippen LogP contribution in [0, 0.1) is 17.2 Å². The number of nitrogens with zero attached hydrogens (tertiary/aromatic N) is 1. The fraction of sp³-hybridized carbons (Fsp3) is 0.462. The third-order valence-electron chi connectivity index (χ3n) is 2.63. The highest BCUT2D eigenvalue weighted by atomic mass is 19.4. The number of nitriles is 1. The molecule has 1 N–H and O–H groups in total. The van der Waals surface area contributed by atoms with Crippen LogP contribution in [-0.2, 0) is 17.9 Å². The molecule has 3 nitrogen and oxygen atoms in total. The Kier molecular flexibility index (Phi) is 5.80. The summed E-state index contributed by atoms with van der Waals surface area (Å²) in [5.41, 5.74) is 1.78. The maximum absolute atomic E-state index is 12.4. The minimum atomic E-state index is -4.49. The molecular weight excluding hydrogens is 257 g/mol.